The summed E-state index contributed by atoms with van der Waals surface area (Å²) >= 11 is 0. The number of piperidine rings is 2. The van der Waals surface area contributed by atoms with Gasteiger partial charge in [-0.3, -0.25) is 19.3 Å². The first-order chi connectivity index (χ1) is 30.9. The predicted molar refractivity (Wildman–Crippen MR) is 238 cm³/mol. The maximum atomic E-state index is 13.8. The molecular weight excluding hydrogens is 817 g/mol. The number of likely N-dealkylation sites (tertiary alicyclic amines) is 1. The minimum absolute atomic E-state index is 0.00715. The summed E-state index contributed by atoms with van der Waals surface area (Å²) in [5.74, 6) is 1.59. The first-order valence-electron chi connectivity index (χ1n) is 22.6. The van der Waals surface area contributed by atoms with Crippen molar-refractivity contribution >= 4 is 35.6 Å². The number of carbonyl (C=O) groups excluding carboxylic acids is 3. The molecule has 5 aliphatic rings. The van der Waals surface area contributed by atoms with Crippen molar-refractivity contribution in [3.05, 3.63) is 70.5 Å². The van der Waals surface area contributed by atoms with Crippen LogP contribution in [0, 0.1) is 11.8 Å². The van der Waals surface area contributed by atoms with Gasteiger partial charge in [0.15, 0.2) is 5.82 Å². The number of aromatic hydroxyl groups is 2. The normalized spacial score (nSPS) is 19.2. The van der Waals surface area contributed by atoms with Gasteiger partial charge in [-0.05, 0) is 78.9 Å². The van der Waals surface area contributed by atoms with E-state index in [-0.39, 0.29) is 59.1 Å². The van der Waals surface area contributed by atoms with E-state index in [0.29, 0.717) is 120 Å². The van der Waals surface area contributed by atoms with Crippen molar-refractivity contribution in [2.24, 2.45) is 11.8 Å². The number of morpholine rings is 1. The number of anilines is 3. The molecule has 2 aromatic carbocycles. The monoisotopic (exact) mass is 874 g/mol. The molecule has 4 saturated heterocycles. The average molecular weight is 875 g/mol. The summed E-state index contributed by atoms with van der Waals surface area (Å²) in [5.41, 5.74) is 10.6. The maximum absolute atomic E-state index is 13.8. The number of ether oxygens (including phenoxy) is 1. The lowest BCUT2D eigenvalue weighted by Gasteiger charge is -2.40. The molecular formula is C46H58N12O6. The van der Waals surface area contributed by atoms with Crippen LogP contribution in [0.25, 0.3) is 11.4 Å². The topological polar surface area (TPSA) is 211 Å². The van der Waals surface area contributed by atoms with Crippen LogP contribution in [0.1, 0.15) is 78.1 Å². The van der Waals surface area contributed by atoms with Gasteiger partial charge in [-0.15, -0.1) is 0 Å². The number of carbonyl (C=O) groups is 3. The molecule has 338 valence electrons. The Morgan fingerprint density at radius 1 is 0.781 bits per heavy atom. The standard InChI is InChI=1S/C46H58N12O6/c1-29(2)36-20-37(39(60)21-38(36)59)43(63)58-26-33-4-3-31(19-34(33)27-58)24-53-9-5-30(6-10-53)25-56-13-14-57(28-40(56)61)42(62)32-7-11-54(12-8-32)45-50-41(35-22-48-44(47)49-23-35)51-46(52-45)55-15-17-64-18-16-55/h3-4,19-23,29-30,32,59-60H,5-18,24-28H2,1-2H3,(H2,47,48,49). The van der Waals surface area contributed by atoms with Crippen LogP contribution in [0.4, 0.5) is 17.8 Å². The van der Waals surface area contributed by atoms with Crippen molar-refractivity contribution in [2.45, 2.75) is 65.1 Å². The zero-order chi connectivity index (χ0) is 44.5. The van der Waals surface area contributed by atoms with Crippen LogP contribution in [0.5, 0.6) is 11.5 Å². The molecule has 0 unspecified atom stereocenters. The number of benzene rings is 2. The van der Waals surface area contributed by atoms with E-state index >= 15 is 0 Å². The number of phenolic OH excluding ortho intramolecular Hbond substituents is 2. The zero-order valence-corrected chi connectivity index (χ0v) is 36.7. The number of nitrogens with two attached hydrogens (primary N) is 1. The number of fused-ring (bicyclic) bond motifs is 1. The van der Waals surface area contributed by atoms with E-state index in [1.165, 1.54) is 11.6 Å². The van der Waals surface area contributed by atoms with Crippen LogP contribution in [0.15, 0.2) is 42.7 Å². The van der Waals surface area contributed by atoms with Gasteiger partial charge in [-0.2, -0.15) is 15.0 Å². The number of phenols is 2. The van der Waals surface area contributed by atoms with E-state index in [0.717, 1.165) is 43.6 Å². The fourth-order valence-corrected chi connectivity index (χ4v) is 9.64. The van der Waals surface area contributed by atoms with Crippen molar-refractivity contribution in [2.75, 3.05) is 94.2 Å². The lowest BCUT2D eigenvalue weighted by atomic mass is 9.94. The second kappa shape index (κ2) is 18.5. The Balaban J connectivity index is 0.727. The summed E-state index contributed by atoms with van der Waals surface area (Å²) in [6.45, 7) is 13.2. The fraction of sp³-hybridized carbons (Fsp3) is 0.522. The summed E-state index contributed by atoms with van der Waals surface area (Å²) in [6.07, 6.45) is 6.49. The first-order valence-corrected chi connectivity index (χ1v) is 22.6. The SMILES string of the molecule is CC(C)c1cc(C(=O)N2Cc3ccc(CN4CCC(CN5CCN(C(=O)C6CCN(c7nc(-c8cnc(N)nc8)nc(N8CCOCC8)n7)CC6)CC5=O)CC4)cc3C2)c(O)cc1O. The maximum Gasteiger partial charge on any atom is 0.258 e. The molecule has 64 heavy (non-hydrogen) atoms. The second-order valence-electron chi connectivity index (χ2n) is 18.1. The van der Waals surface area contributed by atoms with E-state index in [1.807, 2.05) is 18.7 Å². The van der Waals surface area contributed by atoms with Crippen LogP contribution in [-0.4, -0.2) is 151 Å². The van der Waals surface area contributed by atoms with Gasteiger partial charge in [-0.1, -0.05) is 32.0 Å². The van der Waals surface area contributed by atoms with Crippen molar-refractivity contribution < 1.29 is 29.3 Å². The number of nitrogens with zero attached hydrogens (tertiary/aromatic N) is 11. The molecule has 18 nitrogen and oxygen atoms in total. The molecule has 0 saturated carbocycles. The number of hydrogen-bond donors (Lipinski definition) is 3. The molecule has 0 spiro atoms. The van der Waals surface area contributed by atoms with Crippen molar-refractivity contribution in [3.8, 4) is 22.9 Å². The van der Waals surface area contributed by atoms with Gasteiger partial charge >= 0.3 is 0 Å². The van der Waals surface area contributed by atoms with E-state index in [2.05, 4.69) is 42.9 Å². The molecule has 9 rings (SSSR count). The molecule has 0 atom stereocenters. The molecule has 0 radical (unpaired) electrons. The van der Waals surface area contributed by atoms with Gasteiger partial charge in [0.05, 0.1) is 30.9 Å². The number of hydrogen-bond acceptors (Lipinski definition) is 15. The third-order valence-corrected chi connectivity index (χ3v) is 13.5. The van der Waals surface area contributed by atoms with Crippen molar-refractivity contribution in [1.29, 1.82) is 0 Å². The van der Waals surface area contributed by atoms with E-state index in [9.17, 15) is 24.6 Å². The number of rotatable bonds is 10. The quantitative estimate of drug-likeness (QED) is 0.209. The third kappa shape index (κ3) is 9.38. The largest absolute Gasteiger partial charge is 0.508 e. The Morgan fingerprint density at radius 2 is 1.47 bits per heavy atom. The van der Waals surface area contributed by atoms with Crippen LogP contribution in [-0.2, 0) is 34.0 Å². The number of nitrogen functional groups attached to an aromatic ring is 1. The lowest BCUT2D eigenvalue weighted by molar-refractivity contribution is -0.148. The smallest absolute Gasteiger partial charge is 0.258 e. The molecule has 2 aromatic heterocycles. The molecule has 0 aliphatic carbocycles. The highest BCUT2D eigenvalue weighted by atomic mass is 16.5. The molecule has 4 fully saturated rings. The summed E-state index contributed by atoms with van der Waals surface area (Å²) < 4.78 is 5.55. The summed E-state index contributed by atoms with van der Waals surface area (Å²) in [5, 5.41) is 20.8. The predicted octanol–water partition coefficient (Wildman–Crippen LogP) is 3.24. The fourth-order valence-electron chi connectivity index (χ4n) is 9.64. The highest BCUT2D eigenvalue weighted by Gasteiger charge is 2.35. The van der Waals surface area contributed by atoms with E-state index in [4.69, 9.17) is 25.4 Å². The zero-order valence-electron chi connectivity index (χ0n) is 36.7. The van der Waals surface area contributed by atoms with E-state index in [1.54, 1.807) is 28.3 Å². The Bertz CT molecular complexity index is 2360. The number of aromatic nitrogens is 5. The summed E-state index contributed by atoms with van der Waals surface area (Å²) in [6, 6.07) is 9.32. The van der Waals surface area contributed by atoms with Gasteiger partial charge in [-0.25, -0.2) is 9.97 Å². The van der Waals surface area contributed by atoms with E-state index < -0.39 is 0 Å². The van der Waals surface area contributed by atoms with Crippen molar-refractivity contribution in [1.82, 2.24) is 44.5 Å². The highest BCUT2D eigenvalue weighted by Crippen LogP contribution is 2.35. The Labute approximate surface area is 373 Å². The Kier molecular flexibility index (Phi) is 12.5. The number of amides is 3. The molecule has 3 amide bonds. The molecule has 7 heterocycles. The van der Waals surface area contributed by atoms with Crippen LogP contribution >= 0.6 is 0 Å². The van der Waals surface area contributed by atoms with Gasteiger partial charge in [0.2, 0.25) is 29.7 Å². The van der Waals surface area contributed by atoms with Gasteiger partial charge in [0.25, 0.3) is 5.91 Å². The second-order valence-corrected chi connectivity index (χ2v) is 18.1. The molecule has 0 bridgehead atoms. The Morgan fingerprint density at radius 3 is 2.16 bits per heavy atom. The van der Waals surface area contributed by atoms with Gasteiger partial charge in [0, 0.05) is 89.8 Å². The lowest BCUT2D eigenvalue weighted by Crippen LogP contribution is -2.55. The van der Waals surface area contributed by atoms with Gasteiger partial charge in [0.1, 0.15) is 11.5 Å². The minimum Gasteiger partial charge on any atom is -0.508 e. The van der Waals surface area contributed by atoms with Crippen molar-refractivity contribution in [3.63, 3.8) is 0 Å². The summed E-state index contributed by atoms with van der Waals surface area (Å²) in [7, 11) is 0. The van der Waals surface area contributed by atoms with Crippen LogP contribution in [0.2, 0.25) is 0 Å². The molecule has 4 aromatic rings. The molecule has 4 N–H and O–H groups in total. The van der Waals surface area contributed by atoms with Crippen LogP contribution in [0.3, 0.4) is 0 Å². The van der Waals surface area contributed by atoms with Gasteiger partial charge < -0.3 is 45.2 Å². The Hall–Kier alpha value is -6.14. The summed E-state index contributed by atoms with van der Waals surface area (Å²) in [4.78, 5) is 75.5. The molecule has 5 aliphatic heterocycles. The molecule has 18 heteroatoms. The third-order valence-electron chi connectivity index (χ3n) is 13.5. The van der Waals surface area contributed by atoms with Crippen LogP contribution < -0.4 is 15.5 Å². The number of piperazine rings is 1. The average Bonchev–Trinajstić information content (AvgIpc) is 3.74. The highest BCUT2D eigenvalue weighted by molar-refractivity contribution is 5.97. The first kappa shape index (κ1) is 43.1. The minimum atomic E-state index is -0.249.